The van der Waals surface area contributed by atoms with Gasteiger partial charge in [-0.05, 0) is 31.0 Å². The second-order valence-electron chi connectivity index (χ2n) is 5.30. The summed E-state index contributed by atoms with van der Waals surface area (Å²) in [5, 5.41) is 10.1. The first kappa shape index (κ1) is 13.9. The summed E-state index contributed by atoms with van der Waals surface area (Å²) >= 11 is 0. The third-order valence-electron chi connectivity index (χ3n) is 3.60. The Kier molecular flexibility index (Phi) is 3.32. The lowest BCUT2D eigenvalue weighted by atomic mass is 10.1. The van der Waals surface area contributed by atoms with Crippen LogP contribution in [0.15, 0.2) is 18.2 Å². The van der Waals surface area contributed by atoms with Gasteiger partial charge in [0, 0.05) is 17.1 Å². The van der Waals surface area contributed by atoms with Crippen molar-refractivity contribution >= 4 is 32.3 Å². The molecule has 21 heavy (non-hydrogen) atoms. The first-order valence-corrected chi connectivity index (χ1v) is 8.52. The second kappa shape index (κ2) is 5.03. The highest BCUT2D eigenvalue weighted by atomic mass is 32.2. The molecule has 0 aliphatic carbocycles. The number of fused-ring (bicyclic) bond motifs is 1. The van der Waals surface area contributed by atoms with Gasteiger partial charge in [-0.25, -0.2) is 8.42 Å². The fourth-order valence-corrected chi connectivity index (χ4v) is 4.23. The number of benzene rings is 1. The van der Waals surface area contributed by atoms with Gasteiger partial charge < -0.3 is 11.1 Å². The van der Waals surface area contributed by atoms with Crippen molar-refractivity contribution in [1.82, 2.24) is 15.5 Å². The van der Waals surface area contributed by atoms with Gasteiger partial charge in [0.15, 0.2) is 15.5 Å². The highest BCUT2D eigenvalue weighted by molar-refractivity contribution is 7.91. The van der Waals surface area contributed by atoms with Crippen LogP contribution in [0, 0.1) is 0 Å². The number of rotatable bonds is 2. The minimum Gasteiger partial charge on any atom is -0.399 e. The van der Waals surface area contributed by atoms with E-state index in [1.165, 1.54) is 0 Å². The lowest BCUT2D eigenvalue weighted by Gasteiger charge is -2.22. The predicted molar refractivity (Wildman–Crippen MR) is 79.6 cm³/mol. The van der Waals surface area contributed by atoms with E-state index in [2.05, 4.69) is 15.5 Å². The monoisotopic (exact) mass is 308 g/mol. The summed E-state index contributed by atoms with van der Waals surface area (Å²) in [6.45, 7) is 0. The summed E-state index contributed by atoms with van der Waals surface area (Å²) in [4.78, 5) is 12.3. The van der Waals surface area contributed by atoms with Crippen LogP contribution >= 0.6 is 0 Å². The first-order chi connectivity index (χ1) is 9.94. The molecular weight excluding hydrogens is 292 g/mol. The Labute approximate surface area is 121 Å². The van der Waals surface area contributed by atoms with Crippen LogP contribution in [0.3, 0.4) is 0 Å². The third-order valence-corrected chi connectivity index (χ3v) is 5.42. The number of nitrogens with two attached hydrogens (primary N) is 1. The quantitative estimate of drug-likeness (QED) is 0.696. The Bertz CT molecular complexity index is 797. The van der Waals surface area contributed by atoms with Gasteiger partial charge in [-0.3, -0.25) is 9.89 Å². The molecule has 2 aromatic rings. The third kappa shape index (κ3) is 2.85. The van der Waals surface area contributed by atoms with E-state index in [0.717, 1.165) is 0 Å². The van der Waals surface area contributed by atoms with Crippen molar-refractivity contribution in [2.45, 2.75) is 18.9 Å². The Balaban J connectivity index is 1.82. The maximum atomic E-state index is 12.3. The average molecular weight is 308 g/mol. The number of nitrogens with one attached hydrogen (secondary N) is 2. The van der Waals surface area contributed by atoms with Gasteiger partial charge in [0.1, 0.15) is 0 Å². The molecule has 1 aliphatic heterocycles. The summed E-state index contributed by atoms with van der Waals surface area (Å²) in [7, 11) is -3.06. The molecule has 7 nitrogen and oxygen atoms in total. The Morgan fingerprint density at radius 3 is 3.00 bits per heavy atom. The SMILES string of the molecule is Nc1ccc2[nH]nc(C(=O)NC3CCCS(=O)(=O)C3)c2c1. The molecular formula is C13H16N4O3S. The highest BCUT2D eigenvalue weighted by Crippen LogP contribution is 2.19. The number of hydrogen-bond donors (Lipinski definition) is 3. The van der Waals surface area contributed by atoms with Crippen molar-refractivity contribution in [3.8, 4) is 0 Å². The Morgan fingerprint density at radius 2 is 2.24 bits per heavy atom. The van der Waals surface area contributed by atoms with Crippen molar-refractivity contribution in [2.24, 2.45) is 0 Å². The molecule has 4 N–H and O–H groups in total. The van der Waals surface area contributed by atoms with Crippen LogP contribution in [0.25, 0.3) is 10.9 Å². The molecule has 1 amide bonds. The molecule has 1 aromatic carbocycles. The molecule has 3 rings (SSSR count). The summed E-state index contributed by atoms with van der Waals surface area (Å²) in [5.74, 6) is -0.196. The molecule has 1 atom stereocenters. The van der Waals surface area contributed by atoms with Gasteiger partial charge in [-0.1, -0.05) is 0 Å². The van der Waals surface area contributed by atoms with E-state index in [1.807, 2.05) is 0 Å². The van der Waals surface area contributed by atoms with E-state index in [9.17, 15) is 13.2 Å². The van der Waals surface area contributed by atoms with E-state index >= 15 is 0 Å². The lowest BCUT2D eigenvalue weighted by Crippen LogP contribution is -2.43. The summed E-state index contributed by atoms with van der Waals surface area (Å²) in [6, 6.07) is 4.78. The van der Waals surface area contributed by atoms with Crippen molar-refractivity contribution in [1.29, 1.82) is 0 Å². The number of carbonyl (C=O) groups excluding carboxylic acids is 1. The van der Waals surface area contributed by atoms with Crippen LogP contribution in [0.2, 0.25) is 0 Å². The molecule has 0 saturated carbocycles. The van der Waals surface area contributed by atoms with Crippen LogP contribution in [0.5, 0.6) is 0 Å². The van der Waals surface area contributed by atoms with Crippen LogP contribution in [-0.4, -0.2) is 42.1 Å². The lowest BCUT2D eigenvalue weighted by molar-refractivity contribution is 0.0935. The molecule has 0 bridgehead atoms. The van der Waals surface area contributed by atoms with Crippen molar-refractivity contribution < 1.29 is 13.2 Å². The standard InChI is InChI=1S/C13H16N4O3S/c14-8-3-4-11-10(6-8)12(17-16-11)13(18)15-9-2-1-5-21(19,20)7-9/h3-4,6,9H,1-2,5,7,14H2,(H,15,18)(H,16,17). The summed E-state index contributed by atoms with van der Waals surface area (Å²) in [5.41, 5.74) is 7.21. The second-order valence-corrected chi connectivity index (χ2v) is 7.53. The van der Waals surface area contributed by atoms with Gasteiger partial charge in [0.2, 0.25) is 0 Å². The van der Waals surface area contributed by atoms with Gasteiger partial charge in [-0.2, -0.15) is 5.10 Å². The minimum atomic E-state index is -3.06. The fourth-order valence-electron chi connectivity index (χ4n) is 2.60. The number of amides is 1. The van der Waals surface area contributed by atoms with E-state index in [1.54, 1.807) is 18.2 Å². The maximum Gasteiger partial charge on any atom is 0.272 e. The number of H-pyrrole nitrogens is 1. The number of aromatic nitrogens is 2. The zero-order chi connectivity index (χ0) is 15.0. The van der Waals surface area contributed by atoms with Gasteiger partial charge in [0.25, 0.3) is 5.91 Å². The molecule has 1 saturated heterocycles. The molecule has 1 fully saturated rings. The normalized spacial score (nSPS) is 21.2. The first-order valence-electron chi connectivity index (χ1n) is 6.69. The number of hydrogen-bond acceptors (Lipinski definition) is 5. The van der Waals surface area contributed by atoms with Crippen LogP contribution < -0.4 is 11.1 Å². The van der Waals surface area contributed by atoms with Crippen molar-refractivity contribution in [3.63, 3.8) is 0 Å². The zero-order valence-corrected chi connectivity index (χ0v) is 12.1. The average Bonchev–Trinajstić information content (AvgIpc) is 2.80. The molecule has 1 aromatic heterocycles. The molecule has 1 unspecified atom stereocenters. The molecule has 2 heterocycles. The van der Waals surface area contributed by atoms with Crippen molar-refractivity contribution in [3.05, 3.63) is 23.9 Å². The minimum absolute atomic E-state index is 0.0107. The predicted octanol–water partition coefficient (Wildman–Crippen LogP) is 0.452. The van der Waals surface area contributed by atoms with E-state index in [4.69, 9.17) is 5.73 Å². The number of carbonyl (C=O) groups is 1. The molecule has 8 heteroatoms. The zero-order valence-electron chi connectivity index (χ0n) is 11.3. The van der Waals surface area contributed by atoms with E-state index in [-0.39, 0.29) is 29.1 Å². The van der Waals surface area contributed by atoms with E-state index in [0.29, 0.717) is 29.4 Å². The highest BCUT2D eigenvalue weighted by Gasteiger charge is 2.27. The van der Waals surface area contributed by atoms with Gasteiger partial charge in [0.05, 0.1) is 17.0 Å². The largest absolute Gasteiger partial charge is 0.399 e. The Hall–Kier alpha value is -2.09. The summed E-state index contributed by atoms with van der Waals surface area (Å²) in [6.07, 6.45) is 1.23. The molecule has 0 spiro atoms. The van der Waals surface area contributed by atoms with Gasteiger partial charge in [-0.15, -0.1) is 0 Å². The van der Waals surface area contributed by atoms with Crippen LogP contribution in [-0.2, 0) is 9.84 Å². The smallest absolute Gasteiger partial charge is 0.272 e. The number of nitrogen functional groups attached to an aromatic ring is 1. The fraction of sp³-hybridized carbons (Fsp3) is 0.385. The maximum absolute atomic E-state index is 12.3. The van der Waals surface area contributed by atoms with Crippen LogP contribution in [0.4, 0.5) is 5.69 Å². The number of aromatic amines is 1. The van der Waals surface area contributed by atoms with Crippen LogP contribution in [0.1, 0.15) is 23.3 Å². The van der Waals surface area contributed by atoms with Gasteiger partial charge >= 0.3 is 0 Å². The Morgan fingerprint density at radius 1 is 1.43 bits per heavy atom. The number of sulfone groups is 1. The molecule has 112 valence electrons. The molecule has 1 aliphatic rings. The summed E-state index contributed by atoms with van der Waals surface area (Å²) < 4.78 is 23.2. The topological polar surface area (TPSA) is 118 Å². The van der Waals surface area contributed by atoms with Crippen molar-refractivity contribution in [2.75, 3.05) is 17.2 Å². The number of nitrogens with zero attached hydrogens (tertiary/aromatic N) is 1. The van der Waals surface area contributed by atoms with E-state index < -0.39 is 9.84 Å². The number of anilines is 1. The molecule has 0 radical (unpaired) electrons.